The Bertz CT molecular complexity index is 1280. The minimum absolute atomic E-state index is 0.00518. The maximum Gasteiger partial charge on any atom is 0.416 e. The van der Waals surface area contributed by atoms with Crippen molar-refractivity contribution in [2.75, 3.05) is 27.2 Å². The van der Waals surface area contributed by atoms with Crippen LogP contribution in [0, 0.1) is 5.92 Å². The average Bonchev–Trinajstić information content (AvgIpc) is 3.24. The van der Waals surface area contributed by atoms with Crippen LogP contribution in [0.1, 0.15) is 58.2 Å². The van der Waals surface area contributed by atoms with Crippen LogP contribution in [0.15, 0.2) is 60.8 Å². The van der Waals surface area contributed by atoms with Gasteiger partial charge in [-0.2, -0.15) is 13.2 Å². The van der Waals surface area contributed by atoms with Crippen LogP contribution in [0.4, 0.5) is 13.2 Å². The van der Waals surface area contributed by atoms with E-state index in [9.17, 15) is 18.0 Å². The zero-order valence-corrected chi connectivity index (χ0v) is 22.8. The number of carbonyl (C=O) groups excluding carboxylic acids is 1. The monoisotopic (exact) mass is 540 g/mol. The maximum atomic E-state index is 13.0. The molecule has 4 rings (SSSR count). The number of hydrogen-bond acceptors (Lipinski definition) is 5. The lowest BCUT2D eigenvalue weighted by molar-refractivity contribution is -0.137. The van der Waals surface area contributed by atoms with Crippen LogP contribution in [-0.2, 0) is 25.8 Å². The van der Waals surface area contributed by atoms with Gasteiger partial charge in [-0.3, -0.25) is 14.7 Å². The molecule has 0 unspecified atom stereocenters. The molecule has 6 nitrogen and oxygen atoms in total. The van der Waals surface area contributed by atoms with Gasteiger partial charge in [0.05, 0.1) is 22.9 Å². The van der Waals surface area contributed by atoms with E-state index < -0.39 is 11.7 Å². The Labute approximate surface area is 227 Å². The van der Waals surface area contributed by atoms with E-state index in [4.69, 9.17) is 4.74 Å². The summed E-state index contributed by atoms with van der Waals surface area (Å²) in [5.74, 6) is 0.748. The van der Waals surface area contributed by atoms with Crippen molar-refractivity contribution in [1.29, 1.82) is 0 Å². The number of amides is 1. The van der Waals surface area contributed by atoms with Crippen molar-refractivity contribution in [2.24, 2.45) is 5.92 Å². The van der Waals surface area contributed by atoms with Gasteiger partial charge < -0.3 is 15.0 Å². The van der Waals surface area contributed by atoms with E-state index in [0.29, 0.717) is 31.8 Å². The summed E-state index contributed by atoms with van der Waals surface area (Å²) in [7, 11) is 3.97. The second-order valence-corrected chi connectivity index (χ2v) is 10.5. The fourth-order valence-electron chi connectivity index (χ4n) is 4.86. The first-order valence-corrected chi connectivity index (χ1v) is 13.1. The molecule has 1 aromatic heterocycles. The number of benzene rings is 2. The highest BCUT2D eigenvalue weighted by atomic mass is 19.4. The van der Waals surface area contributed by atoms with Gasteiger partial charge in [-0.15, -0.1) is 0 Å². The van der Waals surface area contributed by atoms with E-state index in [2.05, 4.69) is 29.0 Å². The molecule has 1 N–H and O–H groups in total. The van der Waals surface area contributed by atoms with Crippen molar-refractivity contribution in [2.45, 2.75) is 45.7 Å². The first kappa shape index (κ1) is 28.6. The Balaban J connectivity index is 1.43. The van der Waals surface area contributed by atoms with E-state index in [-0.39, 0.29) is 17.9 Å². The molecular weight excluding hydrogens is 505 g/mol. The zero-order chi connectivity index (χ0) is 28.2. The van der Waals surface area contributed by atoms with Gasteiger partial charge in [-0.1, -0.05) is 44.2 Å². The number of hydrogen-bond donors (Lipinski definition) is 1. The molecule has 1 amide bonds. The topological polar surface area (TPSA) is 57.7 Å². The summed E-state index contributed by atoms with van der Waals surface area (Å²) in [6.45, 7) is 6.91. The van der Waals surface area contributed by atoms with Crippen LogP contribution < -0.4 is 10.1 Å². The number of carbonyl (C=O) groups is 1. The van der Waals surface area contributed by atoms with Crippen LogP contribution in [0.3, 0.4) is 0 Å². The lowest BCUT2D eigenvalue weighted by Crippen LogP contribution is -2.26. The van der Waals surface area contributed by atoms with Crippen LogP contribution in [0.25, 0.3) is 0 Å². The van der Waals surface area contributed by atoms with Gasteiger partial charge in [0.1, 0.15) is 12.4 Å². The van der Waals surface area contributed by atoms with Gasteiger partial charge in [0.2, 0.25) is 0 Å². The summed E-state index contributed by atoms with van der Waals surface area (Å²) in [5.41, 5.74) is 3.37. The number of ether oxygens (including phenoxy) is 1. The molecule has 1 aliphatic rings. The molecule has 9 heteroatoms. The fraction of sp³-hybridized carbons (Fsp3) is 0.400. The lowest BCUT2D eigenvalue weighted by atomic mass is 9.99. The average molecular weight is 541 g/mol. The van der Waals surface area contributed by atoms with Crippen LogP contribution in [0.5, 0.6) is 5.75 Å². The molecule has 208 valence electrons. The molecule has 0 bridgehead atoms. The highest BCUT2D eigenvalue weighted by Gasteiger charge is 2.35. The number of alkyl halides is 3. The van der Waals surface area contributed by atoms with E-state index >= 15 is 0 Å². The Morgan fingerprint density at radius 1 is 1.15 bits per heavy atom. The maximum absolute atomic E-state index is 13.0. The Morgan fingerprint density at radius 3 is 2.54 bits per heavy atom. The van der Waals surface area contributed by atoms with Crippen molar-refractivity contribution in [3.63, 3.8) is 0 Å². The van der Waals surface area contributed by atoms with Crippen LogP contribution in [0.2, 0.25) is 0 Å². The van der Waals surface area contributed by atoms with Crippen molar-refractivity contribution in [1.82, 2.24) is 20.1 Å². The minimum Gasteiger partial charge on any atom is -0.492 e. The van der Waals surface area contributed by atoms with Gasteiger partial charge in [-0.05, 0) is 55.4 Å². The van der Waals surface area contributed by atoms with Crippen LogP contribution in [-0.4, -0.2) is 47.9 Å². The first-order chi connectivity index (χ1) is 18.5. The number of aromatic nitrogens is 1. The lowest BCUT2D eigenvalue weighted by Gasteiger charge is -2.27. The molecule has 0 spiro atoms. The second kappa shape index (κ2) is 12.2. The van der Waals surface area contributed by atoms with Crippen LogP contribution >= 0.6 is 0 Å². The smallest absolute Gasteiger partial charge is 0.416 e. The summed E-state index contributed by atoms with van der Waals surface area (Å²) >= 11 is 0. The fourth-order valence-corrected chi connectivity index (χ4v) is 4.86. The number of rotatable bonds is 10. The highest BCUT2D eigenvalue weighted by Crippen LogP contribution is 2.39. The number of halogens is 3. The number of likely N-dealkylation sites (N-methyl/N-ethyl adjacent to an activating group) is 1. The molecule has 1 aliphatic heterocycles. The Hall–Kier alpha value is -3.43. The number of nitrogens with zero attached hydrogens (tertiary/aromatic N) is 3. The van der Waals surface area contributed by atoms with Crippen molar-refractivity contribution in [3.05, 3.63) is 94.3 Å². The summed E-state index contributed by atoms with van der Waals surface area (Å²) in [6, 6.07) is 14.8. The summed E-state index contributed by atoms with van der Waals surface area (Å²) in [4.78, 5) is 21.9. The third-order valence-electron chi connectivity index (χ3n) is 6.82. The van der Waals surface area contributed by atoms with E-state index in [0.717, 1.165) is 46.8 Å². The van der Waals surface area contributed by atoms with Crippen molar-refractivity contribution >= 4 is 5.91 Å². The molecule has 1 atom stereocenters. The standard InChI is InChI=1S/C30H35F3N4O2/c1-20(2)28-27-24(19-37(28)18-21-9-11-25(12-10-21)30(31,32)33)15-23(17-34-27)29(38)35-16-22-7-5-6-8-26(22)39-14-13-36(3)4/h5-12,15,17,20,28H,13-14,16,18-19H2,1-4H3,(H,35,38)/t28-/m0/s1. The minimum atomic E-state index is -4.36. The summed E-state index contributed by atoms with van der Waals surface area (Å²) < 4.78 is 44.8. The Kier molecular flexibility index (Phi) is 8.92. The highest BCUT2D eigenvalue weighted by molar-refractivity contribution is 5.94. The predicted octanol–water partition coefficient (Wildman–Crippen LogP) is 5.68. The van der Waals surface area contributed by atoms with E-state index in [1.807, 2.05) is 49.3 Å². The van der Waals surface area contributed by atoms with Gasteiger partial charge in [0.15, 0.2) is 0 Å². The molecule has 0 aliphatic carbocycles. The van der Waals surface area contributed by atoms with Crippen molar-refractivity contribution < 1.29 is 22.7 Å². The number of para-hydroxylation sites is 1. The summed E-state index contributed by atoms with van der Waals surface area (Å²) in [6.07, 6.45) is -2.75. The van der Waals surface area contributed by atoms with E-state index in [1.54, 1.807) is 6.20 Å². The molecular formula is C30H35F3N4O2. The van der Waals surface area contributed by atoms with Gasteiger partial charge in [0, 0.05) is 37.9 Å². The summed E-state index contributed by atoms with van der Waals surface area (Å²) in [5, 5.41) is 2.97. The molecule has 0 saturated heterocycles. The molecule has 3 aromatic rings. The number of nitrogens with one attached hydrogen (secondary N) is 1. The van der Waals surface area contributed by atoms with Gasteiger partial charge in [-0.25, -0.2) is 0 Å². The molecule has 0 fully saturated rings. The first-order valence-electron chi connectivity index (χ1n) is 13.1. The molecule has 2 heterocycles. The normalized spacial score (nSPS) is 15.6. The third kappa shape index (κ3) is 7.16. The second-order valence-electron chi connectivity index (χ2n) is 10.5. The third-order valence-corrected chi connectivity index (χ3v) is 6.82. The quantitative estimate of drug-likeness (QED) is 0.359. The zero-order valence-electron chi connectivity index (χ0n) is 22.8. The molecule has 2 aromatic carbocycles. The molecule has 39 heavy (non-hydrogen) atoms. The van der Waals surface area contributed by atoms with Gasteiger partial charge >= 0.3 is 6.18 Å². The Morgan fingerprint density at radius 2 is 1.87 bits per heavy atom. The largest absolute Gasteiger partial charge is 0.492 e. The molecule has 0 radical (unpaired) electrons. The SMILES string of the molecule is CC(C)[C@H]1c2ncc(C(=O)NCc3ccccc3OCCN(C)C)cc2CN1Cc1ccc(C(F)(F)F)cc1. The number of fused-ring (bicyclic) bond motifs is 1. The molecule has 0 saturated carbocycles. The van der Waals surface area contributed by atoms with Gasteiger partial charge in [0.25, 0.3) is 5.91 Å². The predicted molar refractivity (Wildman–Crippen MR) is 144 cm³/mol. The van der Waals surface area contributed by atoms with E-state index in [1.165, 1.54) is 12.1 Å². The number of pyridine rings is 1. The van der Waals surface area contributed by atoms with Crippen molar-refractivity contribution in [3.8, 4) is 5.75 Å².